The minimum absolute atomic E-state index is 0.652. The number of aromatic nitrogens is 2. The Bertz CT molecular complexity index is 436. The topological polar surface area (TPSA) is 45.8 Å². The Hall–Kier alpha value is -1.16. The molecule has 1 N–H and O–H groups in total. The zero-order valence-corrected chi connectivity index (χ0v) is 7.63. The highest BCUT2D eigenvalue weighted by Crippen LogP contribution is 2.24. The second kappa shape index (κ2) is 2.71. The van der Waals surface area contributed by atoms with E-state index in [1.54, 1.807) is 18.6 Å². The highest BCUT2D eigenvalue weighted by atomic mass is 79.9. The van der Waals surface area contributed by atoms with Crippen molar-refractivity contribution in [3.63, 3.8) is 0 Å². The molecule has 0 saturated heterocycles. The van der Waals surface area contributed by atoms with E-state index in [1.807, 2.05) is 0 Å². The molecule has 0 bridgehead atoms. The lowest BCUT2D eigenvalue weighted by atomic mass is 10.2. The molecule has 2 aromatic rings. The molecule has 0 spiro atoms. The second-order valence-corrected chi connectivity index (χ2v) is 3.26. The first kappa shape index (κ1) is 7.49. The summed E-state index contributed by atoms with van der Waals surface area (Å²) in [7, 11) is 0. The van der Waals surface area contributed by atoms with Crippen molar-refractivity contribution in [3.8, 4) is 0 Å². The van der Waals surface area contributed by atoms with Gasteiger partial charge in [-0.15, -0.1) is 0 Å². The summed E-state index contributed by atoms with van der Waals surface area (Å²) in [4.78, 5) is 17.5. The Morgan fingerprint density at radius 1 is 1.50 bits per heavy atom. The maximum atomic E-state index is 10.6. The SMILES string of the molecule is O=Cc1c[nH]c2cncc(Br)c12. The summed E-state index contributed by atoms with van der Waals surface area (Å²) in [6.07, 6.45) is 5.85. The predicted molar refractivity (Wildman–Crippen MR) is 49.2 cm³/mol. The molecule has 2 heterocycles. The number of nitrogens with one attached hydrogen (secondary N) is 1. The monoisotopic (exact) mass is 224 g/mol. The number of nitrogens with zero attached hydrogens (tertiary/aromatic N) is 1. The first-order valence-electron chi connectivity index (χ1n) is 3.38. The van der Waals surface area contributed by atoms with Gasteiger partial charge >= 0.3 is 0 Å². The van der Waals surface area contributed by atoms with Gasteiger partial charge in [0.25, 0.3) is 0 Å². The third kappa shape index (κ3) is 0.956. The molecule has 0 unspecified atom stereocenters. The zero-order chi connectivity index (χ0) is 8.55. The van der Waals surface area contributed by atoms with Gasteiger partial charge in [0.15, 0.2) is 6.29 Å². The van der Waals surface area contributed by atoms with Gasteiger partial charge in [-0.3, -0.25) is 9.78 Å². The number of carbonyl (C=O) groups is 1. The van der Waals surface area contributed by atoms with Crippen LogP contribution in [-0.4, -0.2) is 16.3 Å². The molecule has 2 aromatic heterocycles. The number of fused-ring (bicyclic) bond motifs is 1. The molecule has 0 aromatic carbocycles. The fourth-order valence-corrected chi connectivity index (χ4v) is 1.72. The quantitative estimate of drug-likeness (QED) is 0.755. The van der Waals surface area contributed by atoms with E-state index in [4.69, 9.17) is 0 Å². The minimum atomic E-state index is 0.652. The lowest BCUT2D eigenvalue weighted by molar-refractivity contribution is 0.112. The molecular weight excluding hydrogens is 220 g/mol. The molecule has 4 heteroatoms. The van der Waals surface area contributed by atoms with Crippen LogP contribution in [0.15, 0.2) is 23.1 Å². The van der Waals surface area contributed by atoms with E-state index in [0.717, 1.165) is 21.7 Å². The van der Waals surface area contributed by atoms with Gasteiger partial charge in [-0.2, -0.15) is 0 Å². The van der Waals surface area contributed by atoms with Crippen LogP contribution in [0, 0.1) is 0 Å². The number of aromatic amines is 1. The van der Waals surface area contributed by atoms with E-state index >= 15 is 0 Å². The number of pyridine rings is 1. The van der Waals surface area contributed by atoms with Gasteiger partial charge in [-0.1, -0.05) is 0 Å². The maximum Gasteiger partial charge on any atom is 0.152 e. The lowest BCUT2D eigenvalue weighted by Gasteiger charge is -1.92. The highest BCUT2D eigenvalue weighted by molar-refractivity contribution is 9.10. The van der Waals surface area contributed by atoms with Crippen molar-refractivity contribution in [2.45, 2.75) is 0 Å². The molecular formula is C8H5BrN2O. The van der Waals surface area contributed by atoms with Gasteiger partial charge in [0.2, 0.25) is 0 Å². The molecule has 0 aliphatic carbocycles. The van der Waals surface area contributed by atoms with Crippen molar-refractivity contribution in [2.24, 2.45) is 0 Å². The molecule has 60 valence electrons. The average molecular weight is 225 g/mol. The molecule has 3 nitrogen and oxygen atoms in total. The van der Waals surface area contributed by atoms with Gasteiger partial charge in [0.05, 0.1) is 11.7 Å². The first-order chi connectivity index (χ1) is 5.83. The van der Waals surface area contributed by atoms with Crippen LogP contribution in [0.4, 0.5) is 0 Å². The van der Waals surface area contributed by atoms with E-state index < -0.39 is 0 Å². The van der Waals surface area contributed by atoms with Crippen LogP contribution >= 0.6 is 15.9 Å². The molecule has 0 fully saturated rings. The Morgan fingerprint density at radius 2 is 2.33 bits per heavy atom. The number of carbonyl (C=O) groups excluding carboxylic acids is 1. The summed E-state index contributed by atoms with van der Waals surface area (Å²) in [6.45, 7) is 0. The van der Waals surface area contributed by atoms with Gasteiger partial charge in [-0.25, -0.2) is 0 Å². The van der Waals surface area contributed by atoms with Crippen molar-refractivity contribution >= 4 is 33.1 Å². The second-order valence-electron chi connectivity index (χ2n) is 2.41. The number of rotatable bonds is 1. The number of hydrogen-bond donors (Lipinski definition) is 1. The van der Waals surface area contributed by atoms with Crippen LogP contribution < -0.4 is 0 Å². The Morgan fingerprint density at radius 3 is 3.08 bits per heavy atom. The molecule has 0 aliphatic rings. The number of halogens is 1. The third-order valence-corrected chi connectivity index (χ3v) is 2.30. The van der Waals surface area contributed by atoms with Crippen molar-refractivity contribution in [1.29, 1.82) is 0 Å². The van der Waals surface area contributed by atoms with Crippen LogP contribution in [0.5, 0.6) is 0 Å². The predicted octanol–water partition coefficient (Wildman–Crippen LogP) is 2.14. The van der Waals surface area contributed by atoms with E-state index in [-0.39, 0.29) is 0 Å². The van der Waals surface area contributed by atoms with Crippen molar-refractivity contribution in [3.05, 3.63) is 28.6 Å². The van der Waals surface area contributed by atoms with E-state index in [2.05, 4.69) is 25.9 Å². The van der Waals surface area contributed by atoms with E-state index in [1.165, 1.54) is 0 Å². The van der Waals surface area contributed by atoms with Crippen LogP contribution in [0.25, 0.3) is 10.9 Å². The summed E-state index contributed by atoms with van der Waals surface area (Å²) in [5.41, 5.74) is 1.52. The smallest absolute Gasteiger partial charge is 0.152 e. The Balaban J connectivity index is 2.91. The molecule has 0 aliphatic heterocycles. The van der Waals surface area contributed by atoms with Gasteiger partial charge in [-0.05, 0) is 15.9 Å². The summed E-state index contributed by atoms with van der Waals surface area (Å²) in [5.74, 6) is 0. The fourth-order valence-electron chi connectivity index (χ4n) is 1.16. The summed E-state index contributed by atoms with van der Waals surface area (Å²) >= 11 is 3.33. The third-order valence-electron chi connectivity index (χ3n) is 1.70. The molecule has 0 atom stereocenters. The normalized spacial score (nSPS) is 10.4. The van der Waals surface area contributed by atoms with Gasteiger partial charge < -0.3 is 4.98 Å². The molecule has 0 radical (unpaired) electrons. The van der Waals surface area contributed by atoms with Crippen LogP contribution in [0.3, 0.4) is 0 Å². The maximum absolute atomic E-state index is 10.6. The van der Waals surface area contributed by atoms with Crippen LogP contribution in [0.1, 0.15) is 10.4 Å². The summed E-state index contributed by atoms with van der Waals surface area (Å²) in [5, 5.41) is 0.889. The highest BCUT2D eigenvalue weighted by Gasteiger charge is 2.05. The van der Waals surface area contributed by atoms with E-state index in [9.17, 15) is 4.79 Å². The fraction of sp³-hybridized carbons (Fsp3) is 0. The van der Waals surface area contributed by atoms with Gasteiger partial charge in [0.1, 0.15) is 0 Å². The molecule has 0 amide bonds. The molecule has 0 saturated carbocycles. The lowest BCUT2D eigenvalue weighted by Crippen LogP contribution is -1.78. The van der Waals surface area contributed by atoms with Crippen LogP contribution in [-0.2, 0) is 0 Å². The summed E-state index contributed by atoms with van der Waals surface area (Å²) in [6, 6.07) is 0. The minimum Gasteiger partial charge on any atom is -0.359 e. The number of H-pyrrole nitrogens is 1. The first-order valence-corrected chi connectivity index (χ1v) is 4.18. The molecule has 2 rings (SSSR count). The van der Waals surface area contributed by atoms with Crippen molar-refractivity contribution < 1.29 is 4.79 Å². The van der Waals surface area contributed by atoms with Crippen molar-refractivity contribution in [2.75, 3.05) is 0 Å². The van der Waals surface area contributed by atoms with Crippen molar-refractivity contribution in [1.82, 2.24) is 9.97 Å². The standard InChI is InChI=1S/C8H5BrN2O/c9-6-2-10-3-7-8(6)5(4-12)1-11-7/h1-4,11H. The number of aldehydes is 1. The Kier molecular flexibility index (Phi) is 1.69. The molecule has 12 heavy (non-hydrogen) atoms. The Labute approximate surface area is 76.9 Å². The largest absolute Gasteiger partial charge is 0.359 e. The van der Waals surface area contributed by atoms with E-state index in [0.29, 0.717) is 5.56 Å². The summed E-state index contributed by atoms with van der Waals surface area (Å²) < 4.78 is 0.836. The zero-order valence-electron chi connectivity index (χ0n) is 6.04. The average Bonchev–Trinajstić information content (AvgIpc) is 2.49. The number of hydrogen-bond acceptors (Lipinski definition) is 2. The van der Waals surface area contributed by atoms with Crippen LogP contribution in [0.2, 0.25) is 0 Å². The van der Waals surface area contributed by atoms with Gasteiger partial charge in [0, 0.05) is 27.8 Å².